The van der Waals surface area contributed by atoms with Gasteiger partial charge in [0, 0.05) is 38.9 Å². The van der Waals surface area contributed by atoms with E-state index in [4.69, 9.17) is 4.74 Å². The second kappa shape index (κ2) is 7.46. The van der Waals surface area contributed by atoms with Gasteiger partial charge in [0.2, 0.25) is 0 Å². The van der Waals surface area contributed by atoms with Crippen LogP contribution in [0, 0.1) is 0 Å². The second-order valence-corrected chi connectivity index (χ2v) is 6.69. The van der Waals surface area contributed by atoms with E-state index in [-0.39, 0.29) is 11.7 Å². The number of morpholine rings is 1. The average Bonchev–Trinajstić information content (AvgIpc) is 2.77. The van der Waals surface area contributed by atoms with Gasteiger partial charge in [-0.25, -0.2) is 0 Å². The molecule has 0 radical (unpaired) electrons. The van der Waals surface area contributed by atoms with Gasteiger partial charge in [-0.3, -0.25) is 14.7 Å². The van der Waals surface area contributed by atoms with Crippen molar-refractivity contribution >= 4 is 5.91 Å². The van der Waals surface area contributed by atoms with Crippen LogP contribution >= 0.6 is 0 Å². The largest absolute Gasteiger partial charge is 0.506 e. The van der Waals surface area contributed by atoms with Crippen LogP contribution in [0.15, 0.2) is 18.5 Å². The number of nitrogens with zero attached hydrogens (tertiary/aromatic N) is 3. The van der Waals surface area contributed by atoms with Gasteiger partial charge in [0.15, 0.2) is 0 Å². The summed E-state index contributed by atoms with van der Waals surface area (Å²) in [5.74, 6) is -0.159. The molecule has 2 aliphatic heterocycles. The predicted octanol–water partition coefficient (Wildman–Crippen LogP) is 0.477. The Morgan fingerprint density at radius 3 is 2.75 bits per heavy atom. The SMILES string of the molecule is O=C(c1cncc(O)c1)N1CCC[C@@](O)(CN2CCOCC2)CC1. The van der Waals surface area contributed by atoms with Gasteiger partial charge in [0.25, 0.3) is 5.91 Å². The summed E-state index contributed by atoms with van der Waals surface area (Å²) < 4.78 is 5.35. The van der Waals surface area contributed by atoms with Gasteiger partial charge in [-0.1, -0.05) is 0 Å². The van der Waals surface area contributed by atoms with Crippen molar-refractivity contribution in [1.29, 1.82) is 0 Å². The molecule has 0 saturated carbocycles. The molecule has 0 aliphatic carbocycles. The van der Waals surface area contributed by atoms with Crippen LogP contribution < -0.4 is 0 Å². The van der Waals surface area contributed by atoms with Gasteiger partial charge in [-0.05, 0) is 25.3 Å². The zero-order chi connectivity index (χ0) is 17.0. The Labute approximate surface area is 141 Å². The maximum atomic E-state index is 12.6. The first kappa shape index (κ1) is 17.1. The summed E-state index contributed by atoms with van der Waals surface area (Å²) in [6, 6.07) is 1.43. The molecule has 24 heavy (non-hydrogen) atoms. The first-order valence-electron chi connectivity index (χ1n) is 8.52. The number of β-amino-alcohol motifs (C(OH)–C–C–N with tert-alkyl or cyclic N) is 1. The van der Waals surface area contributed by atoms with E-state index in [9.17, 15) is 15.0 Å². The minimum Gasteiger partial charge on any atom is -0.506 e. The standard InChI is InChI=1S/C17H25N3O4/c21-15-10-14(11-18-12-15)16(22)20-4-1-2-17(23,3-5-20)13-19-6-8-24-9-7-19/h10-12,21,23H,1-9,13H2/t17-/m0/s1. The Balaban J connectivity index is 1.60. The molecule has 1 aromatic heterocycles. The monoisotopic (exact) mass is 335 g/mol. The molecule has 3 heterocycles. The van der Waals surface area contributed by atoms with Crippen LogP contribution in [-0.2, 0) is 4.74 Å². The van der Waals surface area contributed by atoms with Crippen molar-refractivity contribution in [2.24, 2.45) is 0 Å². The van der Waals surface area contributed by atoms with Crippen molar-refractivity contribution in [2.45, 2.75) is 24.9 Å². The molecule has 2 N–H and O–H groups in total. The molecule has 0 spiro atoms. The predicted molar refractivity (Wildman–Crippen MR) is 87.9 cm³/mol. The lowest BCUT2D eigenvalue weighted by atomic mass is 9.94. The molecule has 2 saturated heterocycles. The highest BCUT2D eigenvalue weighted by molar-refractivity contribution is 5.94. The fourth-order valence-electron chi connectivity index (χ4n) is 3.44. The van der Waals surface area contributed by atoms with E-state index in [1.54, 1.807) is 4.90 Å². The Hall–Kier alpha value is -1.70. The number of carbonyl (C=O) groups is 1. The quantitative estimate of drug-likeness (QED) is 0.835. The van der Waals surface area contributed by atoms with Gasteiger partial charge in [-0.15, -0.1) is 0 Å². The van der Waals surface area contributed by atoms with Crippen molar-refractivity contribution < 1.29 is 19.7 Å². The van der Waals surface area contributed by atoms with E-state index in [1.807, 2.05) is 0 Å². The summed E-state index contributed by atoms with van der Waals surface area (Å²) in [6.07, 6.45) is 4.78. The normalized spacial score (nSPS) is 26.1. The molecular formula is C17H25N3O4. The number of aliphatic hydroxyl groups is 1. The van der Waals surface area contributed by atoms with Gasteiger partial charge < -0.3 is 19.8 Å². The van der Waals surface area contributed by atoms with Crippen molar-refractivity contribution in [3.8, 4) is 5.75 Å². The van der Waals surface area contributed by atoms with E-state index in [0.29, 0.717) is 51.3 Å². The second-order valence-electron chi connectivity index (χ2n) is 6.69. The molecular weight excluding hydrogens is 310 g/mol. The van der Waals surface area contributed by atoms with E-state index < -0.39 is 5.60 Å². The molecule has 1 amide bonds. The molecule has 3 rings (SSSR count). The van der Waals surface area contributed by atoms with Crippen molar-refractivity contribution in [1.82, 2.24) is 14.8 Å². The molecule has 0 unspecified atom stereocenters. The highest BCUT2D eigenvalue weighted by Crippen LogP contribution is 2.25. The fraction of sp³-hybridized carbons (Fsp3) is 0.647. The molecule has 1 atom stereocenters. The average molecular weight is 335 g/mol. The molecule has 7 heteroatoms. The lowest BCUT2D eigenvalue weighted by Gasteiger charge is -2.35. The van der Waals surface area contributed by atoms with E-state index >= 15 is 0 Å². The first-order valence-corrected chi connectivity index (χ1v) is 8.52. The lowest BCUT2D eigenvalue weighted by molar-refractivity contribution is -0.0389. The van der Waals surface area contributed by atoms with E-state index in [1.165, 1.54) is 18.5 Å². The van der Waals surface area contributed by atoms with Gasteiger partial charge >= 0.3 is 0 Å². The number of ether oxygens (including phenoxy) is 1. The number of aromatic hydroxyl groups is 1. The van der Waals surface area contributed by atoms with Crippen LogP contribution in [0.3, 0.4) is 0 Å². The highest BCUT2D eigenvalue weighted by Gasteiger charge is 2.34. The minimum absolute atomic E-state index is 0.0144. The number of rotatable bonds is 3. The smallest absolute Gasteiger partial charge is 0.255 e. The third-order valence-corrected chi connectivity index (χ3v) is 4.80. The van der Waals surface area contributed by atoms with Gasteiger partial charge in [-0.2, -0.15) is 0 Å². The third-order valence-electron chi connectivity index (χ3n) is 4.80. The topological polar surface area (TPSA) is 86.1 Å². The Kier molecular flexibility index (Phi) is 5.33. The van der Waals surface area contributed by atoms with Gasteiger partial charge in [0.1, 0.15) is 5.75 Å². The van der Waals surface area contributed by atoms with Crippen molar-refractivity contribution in [3.05, 3.63) is 24.0 Å². The van der Waals surface area contributed by atoms with E-state index in [0.717, 1.165) is 19.5 Å². The summed E-state index contributed by atoms with van der Waals surface area (Å²) in [7, 11) is 0. The molecule has 0 bridgehead atoms. The number of carbonyl (C=O) groups excluding carboxylic acids is 1. The Morgan fingerprint density at radius 2 is 2.00 bits per heavy atom. The number of amides is 1. The third kappa shape index (κ3) is 4.23. The van der Waals surface area contributed by atoms with Gasteiger partial charge in [0.05, 0.1) is 30.6 Å². The number of hydrogen-bond acceptors (Lipinski definition) is 6. The van der Waals surface area contributed by atoms with E-state index in [2.05, 4.69) is 9.88 Å². The number of likely N-dealkylation sites (tertiary alicyclic amines) is 1. The maximum Gasteiger partial charge on any atom is 0.255 e. The van der Waals surface area contributed by atoms with Crippen molar-refractivity contribution in [2.75, 3.05) is 45.9 Å². The first-order chi connectivity index (χ1) is 11.6. The molecule has 2 fully saturated rings. The molecule has 132 valence electrons. The minimum atomic E-state index is -0.760. The summed E-state index contributed by atoms with van der Waals surface area (Å²) >= 11 is 0. The van der Waals surface area contributed by atoms with Crippen LogP contribution in [0.5, 0.6) is 5.75 Å². The Bertz CT molecular complexity index is 577. The Morgan fingerprint density at radius 1 is 1.21 bits per heavy atom. The lowest BCUT2D eigenvalue weighted by Crippen LogP contribution is -2.48. The van der Waals surface area contributed by atoms with Crippen LogP contribution in [0.2, 0.25) is 0 Å². The molecule has 2 aliphatic rings. The molecule has 7 nitrogen and oxygen atoms in total. The van der Waals surface area contributed by atoms with Crippen LogP contribution in [0.25, 0.3) is 0 Å². The highest BCUT2D eigenvalue weighted by atomic mass is 16.5. The van der Waals surface area contributed by atoms with Crippen LogP contribution in [0.4, 0.5) is 0 Å². The summed E-state index contributed by atoms with van der Waals surface area (Å²) in [5, 5.41) is 20.4. The molecule has 1 aromatic rings. The summed E-state index contributed by atoms with van der Waals surface area (Å²) in [6.45, 7) is 4.87. The zero-order valence-electron chi connectivity index (χ0n) is 13.9. The number of pyridine rings is 1. The number of aromatic nitrogens is 1. The summed E-state index contributed by atoms with van der Waals surface area (Å²) in [4.78, 5) is 20.4. The van der Waals surface area contributed by atoms with Crippen LogP contribution in [0.1, 0.15) is 29.6 Å². The summed E-state index contributed by atoms with van der Waals surface area (Å²) in [5.41, 5.74) is -0.377. The van der Waals surface area contributed by atoms with Crippen LogP contribution in [-0.4, -0.2) is 82.4 Å². The van der Waals surface area contributed by atoms with Crippen molar-refractivity contribution in [3.63, 3.8) is 0 Å². The fourth-order valence-corrected chi connectivity index (χ4v) is 3.44. The molecule has 0 aromatic carbocycles. The maximum absolute atomic E-state index is 12.6. The number of hydrogen-bond donors (Lipinski definition) is 2. The zero-order valence-corrected chi connectivity index (χ0v) is 13.9.